The number of aliphatic hydroxyl groups excluding tert-OH is 1. The van der Waals surface area contributed by atoms with Crippen LogP contribution in [0.1, 0.15) is 30.1 Å². The summed E-state index contributed by atoms with van der Waals surface area (Å²) in [5, 5.41) is 12.7. The van der Waals surface area contributed by atoms with Gasteiger partial charge >= 0.3 is 0 Å². The molecule has 1 N–H and O–H groups in total. The summed E-state index contributed by atoms with van der Waals surface area (Å²) in [7, 11) is 1.64. The summed E-state index contributed by atoms with van der Waals surface area (Å²) < 4.78 is 20.8. The summed E-state index contributed by atoms with van der Waals surface area (Å²) in [5.41, 5.74) is 2.42. The number of benzene rings is 2. The second kappa shape index (κ2) is 8.30. The van der Waals surface area contributed by atoms with Crippen LogP contribution in [0, 0.1) is 17.7 Å². The van der Waals surface area contributed by atoms with Crippen molar-refractivity contribution in [1.29, 1.82) is 0 Å². The van der Waals surface area contributed by atoms with E-state index in [-0.39, 0.29) is 11.9 Å². The number of halogens is 1. The van der Waals surface area contributed by atoms with Crippen molar-refractivity contribution in [3.63, 3.8) is 0 Å². The Morgan fingerprint density at radius 2 is 2.12 bits per heavy atom. The summed E-state index contributed by atoms with van der Waals surface area (Å²) in [5.74, 6) is 1.48. The van der Waals surface area contributed by atoms with E-state index in [1.807, 2.05) is 36.4 Å². The maximum absolute atomic E-state index is 14.7. The average Bonchev–Trinajstić information content (AvgIpc) is 2.84. The smallest absolute Gasteiger partial charge is 0.132 e. The van der Waals surface area contributed by atoms with Gasteiger partial charge in [0.2, 0.25) is 0 Å². The lowest BCUT2D eigenvalue weighted by atomic mass is 9.71. The highest BCUT2D eigenvalue weighted by atomic mass is 19.1. The van der Waals surface area contributed by atoms with Crippen LogP contribution in [0.3, 0.4) is 0 Å². The number of nitrogens with zero attached hydrogens (tertiary/aromatic N) is 2. The summed E-state index contributed by atoms with van der Waals surface area (Å²) in [4.78, 5) is 4.48. The maximum Gasteiger partial charge on any atom is 0.132 e. The van der Waals surface area contributed by atoms with Crippen LogP contribution >= 0.6 is 0 Å². The molecule has 1 aromatic heterocycles. The number of pyridine rings is 1. The van der Waals surface area contributed by atoms with E-state index in [0.29, 0.717) is 28.4 Å². The van der Waals surface area contributed by atoms with E-state index in [4.69, 9.17) is 4.74 Å². The number of hydrogen-bond donors (Lipinski definition) is 1. The highest BCUT2D eigenvalue weighted by molar-refractivity contribution is 5.83. The van der Waals surface area contributed by atoms with Crippen molar-refractivity contribution in [3.05, 3.63) is 84.3 Å². The molecule has 3 aliphatic rings. The number of rotatable bonds is 6. The van der Waals surface area contributed by atoms with Gasteiger partial charge in [-0.05, 0) is 41.8 Å². The third-order valence-corrected chi connectivity index (χ3v) is 7.78. The zero-order valence-electron chi connectivity index (χ0n) is 18.5. The van der Waals surface area contributed by atoms with E-state index in [0.717, 1.165) is 48.1 Å². The van der Waals surface area contributed by atoms with Crippen molar-refractivity contribution in [1.82, 2.24) is 4.98 Å². The minimum absolute atomic E-state index is 0.0126. The van der Waals surface area contributed by atoms with Gasteiger partial charge in [-0.2, -0.15) is 0 Å². The summed E-state index contributed by atoms with van der Waals surface area (Å²) in [6.45, 7) is 6.49. The number of ether oxygens (including phenoxy) is 1. The Hall–Kier alpha value is -2.76. The van der Waals surface area contributed by atoms with Crippen LogP contribution in [0.15, 0.2) is 67.4 Å². The second-order valence-corrected chi connectivity index (χ2v) is 9.35. The Labute approximate surface area is 188 Å². The minimum atomic E-state index is -0.673. The molecule has 2 aromatic carbocycles. The van der Waals surface area contributed by atoms with Gasteiger partial charge < -0.3 is 14.3 Å². The summed E-state index contributed by atoms with van der Waals surface area (Å²) in [6, 6.07) is 14.7. The molecule has 166 valence electrons. The van der Waals surface area contributed by atoms with E-state index >= 15 is 0 Å². The molecular weight excluding hydrogens is 403 g/mol. The Bertz CT molecular complexity index is 1150. The molecule has 2 bridgehead atoms. The lowest BCUT2D eigenvalue weighted by molar-refractivity contribution is -0.985. The Morgan fingerprint density at radius 3 is 2.91 bits per heavy atom. The molecule has 4 unspecified atom stereocenters. The lowest BCUT2D eigenvalue weighted by Crippen LogP contribution is -2.67. The number of piperidine rings is 3. The molecule has 0 aliphatic carbocycles. The molecule has 0 amide bonds. The van der Waals surface area contributed by atoms with Crippen molar-refractivity contribution >= 4 is 10.9 Å². The van der Waals surface area contributed by atoms with E-state index in [9.17, 15) is 9.50 Å². The van der Waals surface area contributed by atoms with Crippen molar-refractivity contribution in [3.8, 4) is 5.75 Å². The molecule has 5 atom stereocenters. The highest BCUT2D eigenvalue weighted by Gasteiger charge is 2.54. The van der Waals surface area contributed by atoms with Crippen LogP contribution in [0.5, 0.6) is 5.75 Å². The van der Waals surface area contributed by atoms with E-state index in [1.54, 1.807) is 19.4 Å². The number of methoxy groups -OCH3 is 1. The van der Waals surface area contributed by atoms with Crippen LogP contribution in [0.4, 0.5) is 4.39 Å². The van der Waals surface area contributed by atoms with Gasteiger partial charge in [0.05, 0.1) is 25.7 Å². The first-order chi connectivity index (χ1) is 15.5. The first kappa shape index (κ1) is 21.1. The van der Waals surface area contributed by atoms with E-state index in [2.05, 4.69) is 17.6 Å². The van der Waals surface area contributed by atoms with Gasteiger partial charge in [-0.3, -0.25) is 4.98 Å². The number of quaternary nitrogens is 1. The number of aliphatic hydroxyl groups is 1. The maximum atomic E-state index is 14.7. The molecular formula is C27H30FN2O2+. The average molecular weight is 434 g/mol. The van der Waals surface area contributed by atoms with Gasteiger partial charge in [-0.15, -0.1) is 6.58 Å². The van der Waals surface area contributed by atoms with Crippen LogP contribution in [-0.2, 0) is 6.54 Å². The molecule has 0 radical (unpaired) electrons. The summed E-state index contributed by atoms with van der Waals surface area (Å²) >= 11 is 0. The van der Waals surface area contributed by atoms with Gasteiger partial charge in [0.15, 0.2) is 0 Å². The van der Waals surface area contributed by atoms with Crippen LogP contribution in [-0.4, -0.2) is 40.8 Å². The van der Waals surface area contributed by atoms with Crippen molar-refractivity contribution in [2.24, 2.45) is 11.8 Å². The molecule has 3 aliphatic heterocycles. The largest absolute Gasteiger partial charge is 0.497 e. The highest BCUT2D eigenvalue weighted by Crippen LogP contribution is 2.48. The topological polar surface area (TPSA) is 42.4 Å². The van der Waals surface area contributed by atoms with Crippen LogP contribution < -0.4 is 4.74 Å². The predicted octanol–water partition coefficient (Wildman–Crippen LogP) is 5.03. The number of hydrogen-bond acceptors (Lipinski definition) is 3. The number of fused-ring (bicyclic) bond motifs is 4. The van der Waals surface area contributed by atoms with Gasteiger partial charge in [-0.1, -0.05) is 24.3 Å². The van der Waals surface area contributed by atoms with Crippen molar-refractivity contribution < 1.29 is 18.7 Å². The predicted molar refractivity (Wildman–Crippen MR) is 124 cm³/mol. The second-order valence-electron chi connectivity index (χ2n) is 9.35. The van der Waals surface area contributed by atoms with Gasteiger partial charge in [0, 0.05) is 35.9 Å². The molecule has 3 saturated heterocycles. The molecule has 6 rings (SSSR count). The third-order valence-electron chi connectivity index (χ3n) is 7.78. The lowest BCUT2D eigenvalue weighted by Gasteiger charge is -2.58. The molecule has 5 heteroatoms. The molecule has 0 saturated carbocycles. The first-order valence-corrected chi connectivity index (χ1v) is 11.4. The third kappa shape index (κ3) is 3.50. The van der Waals surface area contributed by atoms with E-state index < -0.39 is 6.10 Å². The zero-order chi connectivity index (χ0) is 22.3. The SMILES string of the molecule is C=CC1C[N+]2(Cc3ccccc3F)CCC1CC2[C@@H](O)c1ccnc2ccc(OC)cc12. The molecule has 4 heterocycles. The van der Waals surface area contributed by atoms with Gasteiger partial charge in [0.1, 0.15) is 30.3 Å². The molecule has 3 aromatic rings. The fourth-order valence-electron chi connectivity index (χ4n) is 6.09. The Balaban J connectivity index is 1.57. The molecule has 3 fully saturated rings. The molecule has 4 nitrogen and oxygen atoms in total. The number of aromatic nitrogens is 1. The standard InChI is InChI=1S/C27H30FN2O2/c1-3-18-16-30(17-20-6-4-5-7-24(20)28)13-11-19(18)14-26(30)27(31)22-10-12-29-25-9-8-21(32-2)15-23(22)25/h3-10,12,15,18-19,26-27,31H,1,11,13-14,16-17H2,2H3/q+1/t18?,19?,26?,27-,30?/m0/s1. The van der Waals surface area contributed by atoms with Crippen LogP contribution in [0.25, 0.3) is 10.9 Å². The van der Waals surface area contributed by atoms with Crippen molar-refractivity contribution in [2.45, 2.75) is 31.5 Å². The Kier molecular flexibility index (Phi) is 5.48. The fourth-order valence-corrected chi connectivity index (χ4v) is 6.09. The Morgan fingerprint density at radius 1 is 1.28 bits per heavy atom. The zero-order valence-corrected chi connectivity index (χ0v) is 18.5. The fraction of sp³-hybridized carbons (Fsp3) is 0.370. The molecule has 32 heavy (non-hydrogen) atoms. The van der Waals surface area contributed by atoms with Crippen LogP contribution in [0.2, 0.25) is 0 Å². The monoisotopic (exact) mass is 433 g/mol. The van der Waals surface area contributed by atoms with E-state index in [1.165, 1.54) is 6.07 Å². The first-order valence-electron chi connectivity index (χ1n) is 11.4. The molecule has 0 spiro atoms. The van der Waals surface area contributed by atoms with Crippen molar-refractivity contribution in [2.75, 3.05) is 20.2 Å². The van der Waals surface area contributed by atoms with Gasteiger partial charge in [0.25, 0.3) is 0 Å². The van der Waals surface area contributed by atoms with Gasteiger partial charge in [-0.25, -0.2) is 4.39 Å². The normalized spacial score (nSPS) is 27.9. The quantitative estimate of drug-likeness (QED) is 0.438. The summed E-state index contributed by atoms with van der Waals surface area (Å²) in [6.07, 6.45) is 5.14. The minimum Gasteiger partial charge on any atom is -0.497 e.